The Hall–Kier alpha value is -3.02. The Kier molecular flexibility index (Phi) is 4.40. The van der Waals surface area contributed by atoms with Crippen LogP contribution in [0, 0.1) is 17.0 Å². The predicted octanol–water partition coefficient (Wildman–Crippen LogP) is 2.67. The van der Waals surface area contributed by atoms with Crippen LogP contribution in [0.1, 0.15) is 21.5 Å². The van der Waals surface area contributed by atoms with E-state index in [1.165, 1.54) is 30.5 Å². The van der Waals surface area contributed by atoms with Gasteiger partial charge in [0.1, 0.15) is 0 Å². The summed E-state index contributed by atoms with van der Waals surface area (Å²) < 4.78 is 0. The van der Waals surface area contributed by atoms with E-state index >= 15 is 0 Å². The second-order valence-corrected chi connectivity index (χ2v) is 4.41. The van der Waals surface area contributed by atoms with Crippen molar-refractivity contribution in [1.29, 1.82) is 0 Å². The van der Waals surface area contributed by atoms with Crippen molar-refractivity contribution >= 4 is 17.8 Å². The number of nitro groups is 1. The molecule has 0 atom stereocenters. The van der Waals surface area contributed by atoms with Gasteiger partial charge in [-0.15, -0.1) is 0 Å². The zero-order valence-electron chi connectivity index (χ0n) is 11.3. The molecule has 1 amide bonds. The lowest BCUT2D eigenvalue weighted by atomic mass is 10.2. The summed E-state index contributed by atoms with van der Waals surface area (Å²) in [4.78, 5) is 21.8. The number of carbonyl (C=O) groups excluding carboxylic acids is 1. The Bertz CT molecular complexity index is 676. The minimum Gasteiger partial charge on any atom is -0.267 e. The van der Waals surface area contributed by atoms with Gasteiger partial charge in [0.15, 0.2) is 0 Å². The van der Waals surface area contributed by atoms with Crippen molar-refractivity contribution in [3.63, 3.8) is 0 Å². The van der Waals surface area contributed by atoms with E-state index < -0.39 is 10.8 Å². The molecule has 2 aromatic rings. The summed E-state index contributed by atoms with van der Waals surface area (Å²) in [5.41, 5.74) is 4.62. The second-order valence-electron chi connectivity index (χ2n) is 4.41. The van der Waals surface area contributed by atoms with Crippen LogP contribution in [0.3, 0.4) is 0 Å². The van der Waals surface area contributed by atoms with E-state index in [1.807, 2.05) is 31.2 Å². The number of nitrogens with zero attached hydrogens (tertiary/aromatic N) is 2. The van der Waals surface area contributed by atoms with Crippen molar-refractivity contribution in [3.8, 4) is 0 Å². The van der Waals surface area contributed by atoms with Crippen molar-refractivity contribution < 1.29 is 9.72 Å². The fraction of sp³-hybridized carbons (Fsp3) is 0.0667. The number of nitro benzene ring substituents is 1. The van der Waals surface area contributed by atoms with Gasteiger partial charge in [-0.25, -0.2) is 5.43 Å². The van der Waals surface area contributed by atoms with E-state index in [1.54, 1.807) is 0 Å². The molecule has 2 aromatic carbocycles. The Labute approximate surface area is 121 Å². The summed E-state index contributed by atoms with van der Waals surface area (Å²) >= 11 is 0. The first-order valence-corrected chi connectivity index (χ1v) is 6.21. The fourth-order valence-electron chi connectivity index (χ4n) is 1.62. The van der Waals surface area contributed by atoms with E-state index in [0.29, 0.717) is 5.56 Å². The lowest BCUT2D eigenvalue weighted by molar-refractivity contribution is -0.384. The zero-order valence-corrected chi connectivity index (χ0v) is 11.3. The van der Waals surface area contributed by atoms with Gasteiger partial charge < -0.3 is 0 Å². The summed E-state index contributed by atoms with van der Waals surface area (Å²) in [6, 6.07) is 13.0. The maximum atomic E-state index is 11.8. The number of benzene rings is 2. The molecule has 6 nitrogen and oxygen atoms in total. The average Bonchev–Trinajstić information content (AvgIpc) is 2.49. The minimum atomic E-state index is -0.517. The maximum absolute atomic E-state index is 11.8. The van der Waals surface area contributed by atoms with Crippen LogP contribution >= 0.6 is 0 Å². The van der Waals surface area contributed by atoms with E-state index in [9.17, 15) is 14.9 Å². The second kappa shape index (κ2) is 6.42. The highest BCUT2D eigenvalue weighted by atomic mass is 16.6. The Morgan fingerprint density at radius 1 is 1.14 bits per heavy atom. The molecule has 0 spiro atoms. The van der Waals surface area contributed by atoms with Gasteiger partial charge in [-0.1, -0.05) is 29.8 Å². The van der Waals surface area contributed by atoms with Crippen molar-refractivity contribution in [2.24, 2.45) is 5.10 Å². The molecular formula is C15H13N3O3. The van der Waals surface area contributed by atoms with Crippen LogP contribution in [-0.2, 0) is 0 Å². The number of carbonyl (C=O) groups is 1. The van der Waals surface area contributed by atoms with Gasteiger partial charge in [-0.05, 0) is 24.6 Å². The standard InChI is InChI=1S/C15H13N3O3/c1-11-2-4-12(5-3-11)10-16-17-15(19)13-6-8-14(9-7-13)18(20)21/h2-10H,1H3,(H,17,19)/b16-10+. The molecule has 0 fully saturated rings. The fourth-order valence-corrected chi connectivity index (χ4v) is 1.62. The van der Waals surface area contributed by atoms with Crippen LogP contribution < -0.4 is 5.43 Å². The van der Waals surface area contributed by atoms with Gasteiger partial charge in [0.25, 0.3) is 11.6 Å². The van der Waals surface area contributed by atoms with Crippen LogP contribution in [0.5, 0.6) is 0 Å². The van der Waals surface area contributed by atoms with Crippen molar-refractivity contribution in [2.45, 2.75) is 6.92 Å². The molecule has 0 heterocycles. The molecule has 0 aliphatic carbocycles. The molecule has 1 N–H and O–H groups in total. The Morgan fingerprint density at radius 3 is 2.33 bits per heavy atom. The van der Waals surface area contributed by atoms with Crippen molar-refractivity contribution in [1.82, 2.24) is 5.43 Å². The van der Waals surface area contributed by atoms with Crippen LogP contribution in [-0.4, -0.2) is 17.0 Å². The SMILES string of the molecule is Cc1ccc(/C=N/NC(=O)c2ccc([N+](=O)[O-])cc2)cc1. The molecule has 6 heteroatoms. The van der Waals surface area contributed by atoms with Gasteiger partial charge in [0, 0.05) is 17.7 Å². The van der Waals surface area contributed by atoms with Gasteiger partial charge in [-0.2, -0.15) is 5.10 Å². The quantitative estimate of drug-likeness (QED) is 0.532. The zero-order chi connectivity index (χ0) is 15.2. The van der Waals surface area contributed by atoms with Crippen LogP contribution in [0.15, 0.2) is 53.6 Å². The smallest absolute Gasteiger partial charge is 0.267 e. The number of hydrogen-bond acceptors (Lipinski definition) is 4. The summed E-state index contributed by atoms with van der Waals surface area (Å²) in [6.07, 6.45) is 1.53. The Morgan fingerprint density at radius 2 is 1.76 bits per heavy atom. The lowest BCUT2D eigenvalue weighted by Crippen LogP contribution is -2.17. The minimum absolute atomic E-state index is 0.0605. The third-order valence-corrected chi connectivity index (χ3v) is 2.80. The highest BCUT2D eigenvalue weighted by molar-refractivity contribution is 5.95. The van der Waals surface area contributed by atoms with Crippen LogP contribution in [0.4, 0.5) is 5.69 Å². The van der Waals surface area contributed by atoms with Crippen molar-refractivity contribution in [2.75, 3.05) is 0 Å². The van der Waals surface area contributed by atoms with Gasteiger partial charge in [0.05, 0.1) is 11.1 Å². The first kappa shape index (κ1) is 14.4. The van der Waals surface area contributed by atoms with Crippen molar-refractivity contribution in [3.05, 3.63) is 75.3 Å². The van der Waals surface area contributed by atoms with Gasteiger partial charge >= 0.3 is 0 Å². The Balaban J connectivity index is 1.98. The molecule has 2 rings (SSSR count). The number of hydrogen-bond donors (Lipinski definition) is 1. The van der Waals surface area contributed by atoms with E-state index in [-0.39, 0.29) is 5.69 Å². The summed E-state index contributed by atoms with van der Waals surface area (Å²) in [5.74, 6) is -0.423. The molecule has 0 bridgehead atoms. The van der Waals surface area contributed by atoms with Crippen LogP contribution in [0.2, 0.25) is 0 Å². The number of rotatable bonds is 4. The molecule has 0 aliphatic rings. The largest absolute Gasteiger partial charge is 0.271 e. The summed E-state index contributed by atoms with van der Waals surface area (Å²) in [5, 5.41) is 14.4. The van der Waals surface area contributed by atoms with Gasteiger partial charge in [-0.3, -0.25) is 14.9 Å². The van der Waals surface area contributed by atoms with E-state index in [0.717, 1.165) is 11.1 Å². The molecular weight excluding hydrogens is 270 g/mol. The monoisotopic (exact) mass is 283 g/mol. The third-order valence-electron chi connectivity index (χ3n) is 2.80. The maximum Gasteiger partial charge on any atom is 0.271 e. The van der Waals surface area contributed by atoms with Gasteiger partial charge in [0.2, 0.25) is 0 Å². The first-order chi connectivity index (χ1) is 10.1. The first-order valence-electron chi connectivity index (χ1n) is 6.21. The molecule has 0 unspecified atom stereocenters. The number of amides is 1. The van der Waals surface area contributed by atoms with E-state index in [2.05, 4.69) is 10.5 Å². The lowest BCUT2D eigenvalue weighted by Gasteiger charge is -1.99. The third kappa shape index (κ3) is 3.97. The molecule has 106 valence electrons. The van der Waals surface area contributed by atoms with Crippen LogP contribution in [0.25, 0.3) is 0 Å². The highest BCUT2D eigenvalue weighted by Gasteiger charge is 2.08. The highest BCUT2D eigenvalue weighted by Crippen LogP contribution is 2.11. The average molecular weight is 283 g/mol. The molecule has 0 aliphatic heterocycles. The molecule has 0 aromatic heterocycles. The molecule has 0 radical (unpaired) electrons. The van der Waals surface area contributed by atoms with E-state index in [4.69, 9.17) is 0 Å². The number of non-ortho nitro benzene ring substituents is 1. The summed E-state index contributed by atoms with van der Waals surface area (Å²) in [7, 11) is 0. The molecule has 0 saturated heterocycles. The predicted molar refractivity (Wildman–Crippen MR) is 79.3 cm³/mol. The normalized spacial score (nSPS) is 10.5. The topological polar surface area (TPSA) is 84.6 Å². The number of aryl methyl sites for hydroxylation is 1. The summed E-state index contributed by atoms with van der Waals surface area (Å²) in [6.45, 7) is 1.98. The molecule has 21 heavy (non-hydrogen) atoms. The number of nitrogens with one attached hydrogen (secondary N) is 1. The molecule has 0 saturated carbocycles. The number of hydrazone groups is 1.